The lowest BCUT2D eigenvalue weighted by Crippen LogP contribution is -2.47. The molecule has 0 aromatic heterocycles. The Kier molecular flexibility index (Phi) is 10.3. The maximum absolute atomic E-state index is 13.7. The Hall–Kier alpha value is -1.00. The van der Waals surface area contributed by atoms with Gasteiger partial charge in [0.1, 0.15) is 11.6 Å². The Bertz CT molecular complexity index is 577. The van der Waals surface area contributed by atoms with Gasteiger partial charge in [0, 0.05) is 58.4 Å². The van der Waals surface area contributed by atoms with Crippen LogP contribution in [0.2, 0.25) is 0 Å². The fourth-order valence-corrected chi connectivity index (χ4v) is 2.89. The van der Waals surface area contributed by atoms with Crippen molar-refractivity contribution in [3.05, 3.63) is 35.4 Å². The molecule has 0 aliphatic carbocycles. The molecule has 5 nitrogen and oxygen atoms in total. The molecule has 0 bridgehead atoms. The molecule has 1 aliphatic heterocycles. The molecular weight excluding hydrogens is 451 g/mol. The van der Waals surface area contributed by atoms with Crippen LogP contribution in [0.3, 0.4) is 0 Å². The summed E-state index contributed by atoms with van der Waals surface area (Å²) < 4.78 is 26.9. The smallest absolute Gasteiger partial charge is 0.191 e. The number of likely N-dealkylation sites (N-methyl/N-ethyl adjacent to an activating group) is 1. The second kappa shape index (κ2) is 11.7. The second-order valence-electron chi connectivity index (χ2n) is 6.75. The Labute approximate surface area is 172 Å². The fraction of sp³-hybridized carbons (Fsp3) is 0.611. The van der Waals surface area contributed by atoms with Gasteiger partial charge in [-0.2, -0.15) is 0 Å². The van der Waals surface area contributed by atoms with E-state index in [1.807, 2.05) is 0 Å². The van der Waals surface area contributed by atoms with Gasteiger partial charge in [0.05, 0.1) is 0 Å². The maximum atomic E-state index is 13.7. The standard InChI is InChI=1S/C18H29F2N5.HI/c1-14(13-25-8-6-24(3)7-9-25)11-22-18(21-2)23-12-15-10-16(19)4-5-17(15)20;/h4-5,10,14H,6-9,11-13H2,1-3H3,(H2,21,22,23);1H. The van der Waals surface area contributed by atoms with E-state index in [1.165, 1.54) is 6.07 Å². The third-order valence-electron chi connectivity index (χ3n) is 4.46. The highest BCUT2D eigenvalue weighted by Crippen LogP contribution is 2.09. The van der Waals surface area contributed by atoms with Crippen molar-refractivity contribution in [2.24, 2.45) is 10.9 Å². The number of rotatable bonds is 6. The van der Waals surface area contributed by atoms with E-state index >= 15 is 0 Å². The zero-order chi connectivity index (χ0) is 18.2. The summed E-state index contributed by atoms with van der Waals surface area (Å²) in [6.07, 6.45) is 0. The van der Waals surface area contributed by atoms with Gasteiger partial charge in [-0.3, -0.25) is 4.99 Å². The summed E-state index contributed by atoms with van der Waals surface area (Å²) in [6, 6.07) is 3.46. The first-order valence-corrected chi connectivity index (χ1v) is 8.77. The topological polar surface area (TPSA) is 42.9 Å². The molecular formula is C18H30F2IN5. The number of aliphatic imine (C=N–C) groups is 1. The molecule has 0 amide bonds. The van der Waals surface area contributed by atoms with Crippen molar-refractivity contribution in [3.8, 4) is 0 Å². The largest absolute Gasteiger partial charge is 0.356 e. The van der Waals surface area contributed by atoms with Crippen molar-refractivity contribution in [1.29, 1.82) is 0 Å². The van der Waals surface area contributed by atoms with Crippen LogP contribution < -0.4 is 10.6 Å². The molecule has 0 radical (unpaired) electrons. The van der Waals surface area contributed by atoms with Crippen LogP contribution in [0.4, 0.5) is 8.78 Å². The molecule has 1 aromatic carbocycles. The van der Waals surface area contributed by atoms with Crippen molar-refractivity contribution < 1.29 is 8.78 Å². The van der Waals surface area contributed by atoms with Crippen LogP contribution in [0.15, 0.2) is 23.2 Å². The molecule has 1 aliphatic rings. The van der Waals surface area contributed by atoms with Gasteiger partial charge < -0.3 is 20.4 Å². The first kappa shape index (κ1) is 23.0. The van der Waals surface area contributed by atoms with E-state index in [0.717, 1.165) is 51.4 Å². The summed E-state index contributed by atoms with van der Waals surface area (Å²) in [7, 11) is 3.82. The third-order valence-corrected chi connectivity index (χ3v) is 4.46. The molecule has 1 fully saturated rings. The van der Waals surface area contributed by atoms with Gasteiger partial charge in [-0.05, 0) is 31.2 Å². The van der Waals surface area contributed by atoms with Crippen LogP contribution in [0.1, 0.15) is 12.5 Å². The molecule has 0 saturated carbocycles. The van der Waals surface area contributed by atoms with Crippen LogP contribution >= 0.6 is 24.0 Å². The van der Waals surface area contributed by atoms with Crippen molar-refractivity contribution in [3.63, 3.8) is 0 Å². The van der Waals surface area contributed by atoms with E-state index in [-0.39, 0.29) is 36.1 Å². The average Bonchev–Trinajstić information content (AvgIpc) is 2.60. The molecule has 2 rings (SSSR count). The van der Waals surface area contributed by atoms with Crippen LogP contribution in [-0.2, 0) is 6.54 Å². The SMILES string of the molecule is CN=C(NCc1cc(F)ccc1F)NCC(C)CN1CCN(C)CC1.I. The van der Waals surface area contributed by atoms with Gasteiger partial charge in [-0.1, -0.05) is 6.92 Å². The monoisotopic (exact) mass is 481 g/mol. The highest BCUT2D eigenvalue weighted by atomic mass is 127. The fourth-order valence-electron chi connectivity index (χ4n) is 2.89. The van der Waals surface area contributed by atoms with Gasteiger partial charge in [-0.15, -0.1) is 24.0 Å². The molecule has 1 atom stereocenters. The van der Waals surface area contributed by atoms with Crippen molar-refractivity contribution in [2.75, 3.05) is 53.4 Å². The quantitative estimate of drug-likeness (QED) is 0.372. The normalized spacial score (nSPS) is 17.5. The summed E-state index contributed by atoms with van der Waals surface area (Å²) in [5, 5.41) is 6.29. The molecule has 2 N–H and O–H groups in total. The number of guanidine groups is 1. The van der Waals surface area contributed by atoms with Crippen LogP contribution in [-0.4, -0.2) is 69.1 Å². The lowest BCUT2D eigenvalue weighted by atomic mass is 10.1. The number of benzene rings is 1. The number of hydrogen-bond acceptors (Lipinski definition) is 3. The summed E-state index contributed by atoms with van der Waals surface area (Å²) in [4.78, 5) is 8.96. The first-order chi connectivity index (χ1) is 12.0. The van der Waals surface area contributed by atoms with Crippen molar-refractivity contribution >= 4 is 29.9 Å². The minimum Gasteiger partial charge on any atom is -0.356 e. The number of halogens is 3. The van der Waals surface area contributed by atoms with Gasteiger partial charge in [-0.25, -0.2) is 8.78 Å². The minimum absolute atomic E-state index is 0. The Morgan fingerprint density at radius 3 is 2.54 bits per heavy atom. The van der Waals surface area contributed by atoms with E-state index in [1.54, 1.807) is 7.05 Å². The second-order valence-corrected chi connectivity index (χ2v) is 6.75. The lowest BCUT2D eigenvalue weighted by Gasteiger charge is -2.34. The van der Waals surface area contributed by atoms with E-state index < -0.39 is 11.6 Å². The highest BCUT2D eigenvalue weighted by molar-refractivity contribution is 14.0. The van der Waals surface area contributed by atoms with Crippen LogP contribution in [0.5, 0.6) is 0 Å². The number of hydrogen-bond donors (Lipinski definition) is 2. The molecule has 8 heteroatoms. The zero-order valence-electron chi connectivity index (χ0n) is 15.8. The Balaban J connectivity index is 0.00000338. The Morgan fingerprint density at radius 2 is 1.88 bits per heavy atom. The van der Waals surface area contributed by atoms with Gasteiger partial charge >= 0.3 is 0 Å². The molecule has 26 heavy (non-hydrogen) atoms. The molecule has 1 aromatic rings. The Morgan fingerprint density at radius 1 is 1.19 bits per heavy atom. The van der Waals surface area contributed by atoms with Gasteiger partial charge in [0.25, 0.3) is 0 Å². The van der Waals surface area contributed by atoms with E-state index in [0.29, 0.717) is 11.9 Å². The minimum atomic E-state index is -0.443. The summed E-state index contributed by atoms with van der Waals surface area (Å²) in [6.45, 7) is 8.64. The van der Waals surface area contributed by atoms with Gasteiger partial charge in [0.2, 0.25) is 0 Å². The maximum Gasteiger partial charge on any atom is 0.191 e. The molecule has 0 spiro atoms. The number of nitrogens with one attached hydrogen (secondary N) is 2. The van der Waals surface area contributed by atoms with Crippen LogP contribution in [0.25, 0.3) is 0 Å². The highest BCUT2D eigenvalue weighted by Gasteiger charge is 2.16. The predicted molar refractivity (Wildman–Crippen MR) is 113 cm³/mol. The van der Waals surface area contributed by atoms with E-state index in [4.69, 9.17) is 0 Å². The summed E-state index contributed by atoms with van der Waals surface area (Å²) in [5.74, 6) is 0.191. The molecule has 1 saturated heterocycles. The van der Waals surface area contributed by atoms with Gasteiger partial charge in [0.15, 0.2) is 5.96 Å². The third kappa shape index (κ3) is 7.71. The predicted octanol–water partition coefficient (Wildman–Crippen LogP) is 2.13. The number of nitrogens with zero attached hydrogens (tertiary/aromatic N) is 3. The summed E-state index contributed by atoms with van der Waals surface area (Å²) >= 11 is 0. The van der Waals surface area contributed by atoms with E-state index in [9.17, 15) is 8.78 Å². The van der Waals surface area contributed by atoms with E-state index in [2.05, 4.69) is 39.4 Å². The first-order valence-electron chi connectivity index (χ1n) is 8.77. The van der Waals surface area contributed by atoms with Crippen molar-refractivity contribution in [2.45, 2.75) is 13.5 Å². The average molecular weight is 481 g/mol. The number of piperazine rings is 1. The zero-order valence-corrected chi connectivity index (χ0v) is 18.1. The van der Waals surface area contributed by atoms with Crippen LogP contribution in [0, 0.1) is 17.6 Å². The lowest BCUT2D eigenvalue weighted by molar-refractivity contribution is 0.139. The molecule has 1 unspecified atom stereocenters. The summed E-state index contributed by atoms with van der Waals surface area (Å²) in [5.41, 5.74) is 0.286. The van der Waals surface area contributed by atoms with Crippen molar-refractivity contribution in [1.82, 2.24) is 20.4 Å². The molecule has 148 valence electrons. The molecule has 1 heterocycles.